The smallest absolute Gasteiger partial charge is 0.313 e. The van der Waals surface area contributed by atoms with Gasteiger partial charge < -0.3 is 4.74 Å². The summed E-state index contributed by atoms with van der Waals surface area (Å²) < 4.78 is 5.20. The van der Waals surface area contributed by atoms with Crippen LogP contribution in [0.5, 0.6) is 0 Å². The van der Waals surface area contributed by atoms with Gasteiger partial charge >= 0.3 is 5.97 Å². The van der Waals surface area contributed by atoms with E-state index in [0.717, 1.165) is 38.0 Å². The summed E-state index contributed by atoms with van der Waals surface area (Å²) in [6.07, 6.45) is 2.53. The van der Waals surface area contributed by atoms with Crippen LogP contribution in [0, 0.1) is 5.41 Å². The molecule has 2 aromatic carbocycles. The predicted molar refractivity (Wildman–Crippen MR) is 108 cm³/mol. The number of esters is 1. The van der Waals surface area contributed by atoms with Crippen molar-refractivity contribution >= 4 is 30.0 Å². The predicted octanol–water partition coefficient (Wildman–Crippen LogP) is 4.76. The van der Waals surface area contributed by atoms with E-state index in [1.54, 1.807) is 0 Å². The highest BCUT2D eigenvalue weighted by atomic mass is 35.5. The highest BCUT2D eigenvalue weighted by molar-refractivity contribution is 6.30. The minimum absolute atomic E-state index is 0. The fraction of sp³-hybridized carbons (Fsp3) is 0.381. The highest BCUT2D eigenvalue weighted by Crippen LogP contribution is 2.36. The van der Waals surface area contributed by atoms with Crippen molar-refractivity contribution in [3.05, 3.63) is 70.7 Å². The average molecular weight is 394 g/mol. The number of ether oxygens (including phenoxy) is 1. The molecule has 26 heavy (non-hydrogen) atoms. The Morgan fingerprint density at radius 1 is 1.12 bits per heavy atom. The van der Waals surface area contributed by atoms with Crippen LogP contribution < -0.4 is 0 Å². The van der Waals surface area contributed by atoms with Gasteiger partial charge in [0.1, 0.15) is 0 Å². The Kier molecular flexibility index (Phi) is 7.51. The minimum Gasteiger partial charge on any atom is -0.469 e. The lowest BCUT2D eigenvalue weighted by atomic mass is 9.75. The molecule has 1 unspecified atom stereocenters. The van der Waals surface area contributed by atoms with Gasteiger partial charge in [-0.25, -0.2) is 0 Å². The molecule has 140 valence electrons. The third-order valence-corrected chi connectivity index (χ3v) is 5.23. The first-order valence-corrected chi connectivity index (χ1v) is 9.08. The Labute approximate surface area is 166 Å². The number of halogens is 2. The number of methoxy groups -OCH3 is 1. The summed E-state index contributed by atoms with van der Waals surface area (Å²) >= 11 is 5.99. The first-order valence-electron chi connectivity index (χ1n) is 8.70. The van der Waals surface area contributed by atoms with Gasteiger partial charge in [0.2, 0.25) is 0 Å². The van der Waals surface area contributed by atoms with Gasteiger partial charge in [-0.05, 0) is 49.1 Å². The summed E-state index contributed by atoms with van der Waals surface area (Å²) in [7, 11) is 1.49. The lowest BCUT2D eigenvalue weighted by Crippen LogP contribution is -2.49. The fourth-order valence-electron chi connectivity index (χ4n) is 3.80. The van der Waals surface area contributed by atoms with Crippen LogP contribution in [-0.2, 0) is 22.5 Å². The zero-order valence-electron chi connectivity index (χ0n) is 15.0. The van der Waals surface area contributed by atoms with Gasteiger partial charge in [-0.1, -0.05) is 54.1 Å². The maximum absolute atomic E-state index is 12.7. The highest BCUT2D eigenvalue weighted by Gasteiger charge is 2.43. The number of carbonyl (C=O) groups excluding carboxylic acids is 1. The van der Waals surface area contributed by atoms with Crippen molar-refractivity contribution in [1.82, 2.24) is 4.90 Å². The lowest BCUT2D eigenvalue weighted by Gasteiger charge is -2.41. The molecule has 3 nitrogen and oxygen atoms in total. The molecule has 5 heteroatoms. The number of piperidine rings is 1. The van der Waals surface area contributed by atoms with Crippen molar-refractivity contribution in [3.8, 4) is 0 Å². The van der Waals surface area contributed by atoms with Crippen LogP contribution in [0.3, 0.4) is 0 Å². The number of rotatable bonds is 5. The molecule has 0 amide bonds. The van der Waals surface area contributed by atoms with E-state index in [4.69, 9.17) is 16.3 Å². The summed E-state index contributed by atoms with van der Waals surface area (Å²) in [6.45, 7) is 2.59. The number of hydrogen-bond acceptors (Lipinski definition) is 3. The molecule has 0 radical (unpaired) electrons. The molecule has 0 bridgehead atoms. The summed E-state index contributed by atoms with van der Waals surface area (Å²) in [4.78, 5) is 15.0. The summed E-state index contributed by atoms with van der Waals surface area (Å²) in [5, 5.41) is 0.713. The maximum atomic E-state index is 12.7. The molecule has 1 atom stereocenters. The standard InChI is InChI=1S/C21H24ClNO2.ClH/c1-25-20(24)21(14-17-8-10-19(22)11-9-17)12-5-13-23(16-21)15-18-6-3-2-4-7-18;/h2-4,6-11H,5,12-16H2,1H3;1H. The van der Waals surface area contributed by atoms with Crippen molar-refractivity contribution < 1.29 is 9.53 Å². The van der Waals surface area contributed by atoms with Gasteiger partial charge in [0.25, 0.3) is 0 Å². The van der Waals surface area contributed by atoms with E-state index >= 15 is 0 Å². The molecule has 0 N–H and O–H groups in total. The molecule has 1 aliphatic heterocycles. The number of nitrogens with zero attached hydrogens (tertiary/aromatic N) is 1. The van der Waals surface area contributed by atoms with Crippen molar-refractivity contribution in [2.45, 2.75) is 25.8 Å². The second kappa shape index (κ2) is 9.40. The van der Waals surface area contributed by atoms with E-state index in [-0.39, 0.29) is 18.4 Å². The summed E-state index contributed by atoms with van der Waals surface area (Å²) in [6, 6.07) is 18.2. The van der Waals surface area contributed by atoms with Gasteiger partial charge in [0.05, 0.1) is 12.5 Å². The van der Waals surface area contributed by atoms with E-state index in [2.05, 4.69) is 29.2 Å². The zero-order chi connectivity index (χ0) is 17.7. The Balaban J connectivity index is 0.00000243. The molecule has 1 fully saturated rings. The minimum atomic E-state index is -0.490. The number of carbonyl (C=O) groups is 1. The SMILES string of the molecule is COC(=O)C1(Cc2ccc(Cl)cc2)CCCN(Cc2ccccc2)C1.Cl. The van der Waals surface area contributed by atoms with Crippen molar-refractivity contribution in [3.63, 3.8) is 0 Å². The van der Waals surface area contributed by atoms with E-state index < -0.39 is 5.41 Å². The Morgan fingerprint density at radius 3 is 2.46 bits per heavy atom. The summed E-state index contributed by atoms with van der Waals surface area (Å²) in [5.74, 6) is -0.111. The lowest BCUT2D eigenvalue weighted by molar-refractivity contribution is -0.156. The molecule has 1 saturated heterocycles. The Hall–Kier alpha value is -1.55. The van der Waals surface area contributed by atoms with Crippen LogP contribution in [0.2, 0.25) is 5.02 Å². The first kappa shape index (κ1) is 20.8. The van der Waals surface area contributed by atoms with E-state index in [0.29, 0.717) is 11.4 Å². The average Bonchev–Trinajstić information content (AvgIpc) is 2.64. The molecular formula is C21H25Cl2NO2. The second-order valence-corrected chi connectivity index (χ2v) is 7.31. The Bertz CT molecular complexity index is 706. The molecule has 0 spiro atoms. The molecule has 0 aromatic heterocycles. The van der Waals surface area contributed by atoms with Gasteiger partial charge in [0, 0.05) is 18.1 Å². The molecule has 0 aliphatic carbocycles. The second-order valence-electron chi connectivity index (χ2n) is 6.87. The number of benzene rings is 2. The van der Waals surface area contributed by atoms with E-state index in [1.165, 1.54) is 12.7 Å². The molecule has 1 heterocycles. The molecule has 1 aliphatic rings. The third kappa shape index (κ3) is 5.00. The van der Waals surface area contributed by atoms with Crippen LogP contribution in [0.1, 0.15) is 24.0 Å². The third-order valence-electron chi connectivity index (χ3n) is 4.98. The molecule has 3 rings (SSSR count). The van der Waals surface area contributed by atoms with E-state index in [1.807, 2.05) is 30.3 Å². The monoisotopic (exact) mass is 393 g/mol. The molecule has 2 aromatic rings. The summed E-state index contributed by atoms with van der Waals surface area (Å²) in [5.41, 5.74) is 1.90. The largest absolute Gasteiger partial charge is 0.469 e. The normalized spacial score (nSPS) is 20.2. The number of hydrogen-bond donors (Lipinski definition) is 0. The van der Waals surface area contributed by atoms with Crippen LogP contribution in [-0.4, -0.2) is 31.1 Å². The zero-order valence-corrected chi connectivity index (χ0v) is 16.6. The topological polar surface area (TPSA) is 29.5 Å². The fourth-order valence-corrected chi connectivity index (χ4v) is 3.92. The quantitative estimate of drug-likeness (QED) is 0.685. The van der Waals surface area contributed by atoms with Gasteiger partial charge in [-0.2, -0.15) is 0 Å². The van der Waals surface area contributed by atoms with Crippen LogP contribution in [0.4, 0.5) is 0 Å². The van der Waals surface area contributed by atoms with Crippen molar-refractivity contribution in [2.75, 3.05) is 20.2 Å². The molecule has 0 saturated carbocycles. The van der Waals surface area contributed by atoms with Crippen LogP contribution in [0.15, 0.2) is 54.6 Å². The van der Waals surface area contributed by atoms with Crippen LogP contribution >= 0.6 is 24.0 Å². The van der Waals surface area contributed by atoms with E-state index in [9.17, 15) is 4.79 Å². The van der Waals surface area contributed by atoms with Crippen molar-refractivity contribution in [2.24, 2.45) is 5.41 Å². The van der Waals surface area contributed by atoms with Gasteiger partial charge in [-0.3, -0.25) is 9.69 Å². The first-order chi connectivity index (χ1) is 12.1. The van der Waals surface area contributed by atoms with Crippen LogP contribution in [0.25, 0.3) is 0 Å². The van der Waals surface area contributed by atoms with Gasteiger partial charge in [0.15, 0.2) is 0 Å². The molecular weight excluding hydrogens is 369 g/mol. The van der Waals surface area contributed by atoms with Crippen molar-refractivity contribution in [1.29, 1.82) is 0 Å². The number of likely N-dealkylation sites (tertiary alicyclic amines) is 1. The van der Waals surface area contributed by atoms with Gasteiger partial charge in [-0.15, -0.1) is 12.4 Å². The maximum Gasteiger partial charge on any atom is 0.313 e. The Morgan fingerprint density at radius 2 is 1.81 bits per heavy atom.